The molecule has 0 unspecified atom stereocenters. The zero-order valence-corrected chi connectivity index (χ0v) is 9.66. The lowest BCUT2D eigenvalue weighted by molar-refractivity contribution is 0.425. The molecular formula is C12H21N3. The summed E-state index contributed by atoms with van der Waals surface area (Å²) in [7, 11) is 4.15. The first-order valence-electron chi connectivity index (χ1n) is 5.40. The largest absolute Gasteiger partial charge is 0.384 e. The van der Waals surface area contributed by atoms with Crippen LogP contribution in [0.4, 0.5) is 5.69 Å². The first-order valence-corrected chi connectivity index (χ1v) is 5.40. The van der Waals surface area contributed by atoms with Crippen LogP contribution in [0.1, 0.15) is 5.56 Å². The zero-order chi connectivity index (χ0) is 11.1. The average molecular weight is 207 g/mol. The lowest BCUT2D eigenvalue weighted by atomic mass is 10.1. The lowest BCUT2D eigenvalue weighted by Crippen LogP contribution is -2.20. The quantitative estimate of drug-likeness (QED) is 0.735. The highest BCUT2D eigenvalue weighted by Crippen LogP contribution is 2.09. The second-order valence-electron chi connectivity index (χ2n) is 3.97. The van der Waals surface area contributed by atoms with Crippen LogP contribution in [0.15, 0.2) is 24.3 Å². The maximum Gasteiger partial charge on any atom is 0.0340 e. The number of hydrogen-bond acceptors (Lipinski definition) is 3. The number of nitrogens with two attached hydrogens (primary N) is 1. The molecule has 0 spiro atoms. The van der Waals surface area contributed by atoms with Gasteiger partial charge in [0.15, 0.2) is 0 Å². The van der Waals surface area contributed by atoms with Crippen LogP contribution < -0.4 is 11.1 Å². The summed E-state index contributed by atoms with van der Waals surface area (Å²) in [5.41, 5.74) is 7.97. The van der Waals surface area contributed by atoms with Crippen molar-refractivity contribution in [3.8, 4) is 0 Å². The third kappa shape index (κ3) is 4.81. The molecule has 0 aliphatic rings. The number of benzene rings is 1. The second-order valence-corrected chi connectivity index (χ2v) is 3.97. The van der Waals surface area contributed by atoms with Gasteiger partial charge in [-0.1, -0.05) is 12.1 Å². The summed E-state index contributed by atoms with van der Waals surface area (Å²) >= 11 is 0. The van der Waals surface area contributed by atoms with E-state index < -0.39 is 0 Å². The number of rotatable bonds is 6. The van der Waals surface area contributed by atoms with Crippen molar-refractivity contribution in [1.29, 1.82) is 0 Å². The van der Waals surface area contributed by atoms with Crippen LogP contribution >= 0.6 is 0 Å². The summed E-state index contributed by atoms with van der Waals surface area (Å²) in [6, 6.07) is 8.48. The van der Waals surface area contributed by atoms with Gasteiger partial charge in [0.2, 0.25) is 0 Å². The predicted molar refractivity (Wildman–Crippen MR) is 66.2 cm³/mol. The third-order valence-corrected chi connectivity index (χ3v) is 2.28. The molecule has 0 bridgehead atoms. The van der Waals surface area contributed by atoms with Crippen molar-refractivity contribution >= 4 is 5.69 Å². The molecule has 1 rings (SSSR count). The molecule has 0 saturated carbocycles. The van der Waals surface area contributed by atoms with Gasteiger partial charge in [-0.05, 0) is 44.8 Å². The Labute approximate surface area is 92.3 Å². The zero-order valence-electron chi connectivity index (χ0n) is 9.66. The molecular weight excluding hydrogens is 186 g/mol. The molecule has 84 valence electrons. The van der Waals surface area contributed by atoms with Gasteiger partial charge in [-0.3, -0.25) is 0 Å². The summed E-state index contributed by atoms with van der Waals surface area (Å²) in [6.07, 6.45) is 0.956. The van der Waals surface area contributed by atoms with Crippen molar-refractivity contribution in [2.45, 2.75) is 6.42 Å². The summed E-state index contributed by atoms with van der Waals surface area (Å²) in [5.74, 6) is 0. The van der Waals surface area contributed by atoms with Crippen LogP contribution in [0.5, 0.6) is 0 Å². The lowest BCUT2D eigenvalue weighted by Gasteiger charge is -2.11. The minimum absolute atomic E-state index is 0.716. The van der Waals surface area contributed by atoms with E-state index in [1.54, 1.807) is 0 Å². The van der Waals surface area contributed by atoms with Crippen molar-refractivity contribution in [3.05, 3.63) is 29.8 Å². The van der Waals surface area contributed by atoms with Crippen molar-refractivity contribution in [1.82, 2.24) is 4.90 Å². The molecule has 0 saturated heterocycles. The number of hydrogen-bond donors (Lipinski definition) is 2. The van der Waals surface area contributed by atoms with Crippen LogP contribution in [-0.4, -0.2) is 38.6 Å². The van der Waals surface area contributed by atoms with Gasteiger partial charge < -0.3 is 16.0 Å². The molecule has 1 aromatic carbocycles. The van der Waals surface area contributed by atoms with Crippen LogP contribution in [0.25, 0.3) is 0 Å². The number of anilines is 1. The number of likely N-dealkylation sites (N-methyl/N-ethyl adjacent to an activating group) is 1. The normalized spacial score (nSPS) is 10.7. The van der Waals surface area contributed by atoms with Gasteiger partial charge >= 0.3 is 0 Å². The van der Waals surface area contributed by atoms with Crippen molar-refractivity contribution in [2.75, 3.05) is 39.0 Å². The van der Waals surface area contributed by atoms with E-state index in [-0.39, 0.29) is 0 Å². The highest BCUT2D eigenvalue weighted by Gasteiger charge is 1.94. The first-order chi connectivity index (χ1) is 7.22. The average Bonchev–Trinajstić information content (AvgIpc) is 2.20. The van der Waals surface area contributed by atoms with E-state index in [2.05, 4.69) is 48.6 Å². The monoisotopic (exact) mass is 207 g/mol. The van der Waals surface area contributed by atoms with Gasteiger partial charge in [0.25, 0.3) is 0 Å². The van der Waals surface area contributed by atoms with Gasteiger partial charge in [0.1, 0.15) is 0 Å². The van der Waals surface area contributed by atoms with E-state index in [1.807, 2.05) is 0 Å². The molecule has 0 aliphatic heterocycles. The highest BCUT2D eigenvalue weighted by atomic mass is 15.1. The summed E-state index contributed by atoms with van der Waals surface area (Å²) in [4.78, 5) is 2.16. The smallest absolute Gasteiger partial charge is 0.0340 e. The van der Waals surface area contributed by atoms with Crippen molar-refractivity contribution in [2.24, 2.45) is 5.73 Å². The molecule has 0 amide bonds. The Morgan fingerprint density at radius 1 is 1.20 bits per heavy atom. The van der Waals surface area contributed by atoms with E-state index in [9.17, 15) is 0 Å². The SMILES string of the molecule is CN(C)CCNc1ccc(CCN)cc1. The molecule has 3 N–H and O–H groups in total. The molecule has 0 heterocycles. The Morgan fingerprint density at radius 2 is 1.87 bits per heavy atom. The predicted octanol–water partition coefficient (Wildman–Crippen LogP) is 1.16. The van der Waals surface area contributed by atoms with Crippen LogP contribution in [0, 0.1) is 0 Å². The fourth-order valence-corrected chi connectivity index (χ4v) is 1.38. The van der Waals surface area contributed by atoms with Gasteiger partial charge in [-0.2, -0.15) is 0 Å². The Balaban J connectivity index is 2.36. The molecule has 0 aromatic heterocycles. The Morgan fingerprint density at radius 3 is 2.40 bits per heavy atom. The van der Waals surface area contributed by atoms with Gasteiger partial charge in [-0.25, -0.2) is 0 Å². The Bertz CT molecular complexity index is 267. The van der Waals surface area contributed by atoms with Gasteiger partial charge in [-0.15, -0.1) is 0 Å². The van der Waals surface area contributed by atoms with E-state index in [0.29, 0.717) is 6.54 Å². The van der Waals surface area contributed by atoms with E-state index in [0.717, 1.165) is 19.5 Å². The standard InChI is InChI=1S/C12H21N3/c1-15(2)10-9-14-12-5-3-11(4-6-12)7-8-13/h3-6,14H,7-10,13H2,1-2H3. The molecule has 15 heavy (non-hydrogen) atoms. The maximum absolute atomic E-state index is 5.49. The van der Waals surface area contributed by atoms with Gasteiger partial charge in [0.05, 0.1) is 0 Å². The summed E-state index contributed by atoms with van der Waals surface area (Å²) in [5, 5.41) is 3.37. The van der Waals surface area contributed by atoms with E-state index in [4.69, 9.17) is 5.73 Å². The number of nitrogens with one attached hydrogen (secondary N) is 1. The highest BCUT2D eigenvalue weighted by molar-refractivity contribution is 5.44. The topological polar surface area (TPSA) is 41.3 Å². The molecule has 3 heteroatoms. The molecule has 0 aliphatic carbocycles. The van der Waals surface area contributed by atoms with Crippen LogP contribution in [0.3, 0.4) is 0 Å². The fourth-order valence-electron chi connectivity index (χ4n) is 1.38. The Hall–Kier alpha value is -1.06. The third-order valence-electron chi connectivity index (χ3n) is 2.28. The minimum Gasteiger partial charge on any atom is -0.384 e. The van der Waals surface area contributed by atoms with Crippen LogP contribution in [-0.2, 0) is 6.42 Å². The minimum atomic E-state index is 0.716. The molecule has 0 radical (unpaired) electrons. The summed E-state index contributed by atoms with van der Waals surface area (Å²) < 4.78 is 0. The second kappa shape index (κ2) is 6.43. The van der Waals surface area contributed by atoms with Crippen molar-refractivity contribution in [3.63, 3.8) is 0 Å². The van der Waals surface area contributed by atoms with Crippen LogP contribution in [0.2, 0.25) is 0 Å². The molecule has 3 nitrogen and oxygen atoms in total. The van der Waals surface area contributed by atoms with Crippen molar-refractivity contribution < 1.29 is 0 Å². The van der Waals surface area contributed by atoms with E-state index >= 15 is 0 Å². The maximum atomic E-state index is 5.49. The fraction of sp³-hybridized carbons (Fsp3) is 0.500. The molecule has 0 atom stereocenters. The Kier molecular flexibility index (Phi) is 5.15. The summed E-state index contributed by atoms with van der Waals surface area (Å²) in [6.45, 7) is 2.74. The molecule has 1 aromatic rings. The van der Waals surface area contributed by atoms with Gasteiger partial charge in [0, 0.05) is 18.8 Å². The van der Waals surface area contributed by atoms with E-state index in [1.165, 1.54) is 11.3 Å². The first kappa shape index (κ1) is 12.0. The molecule has 0 fully saturated rings. The number of nitrogens with zero attached hydrogens (tertiary/aromatic N) is 1.